The van der Waals surface area contributed by atoms with E-state index in [1.54, 1.807) is 24.3 Å². The van der Waals surface area contributed by atoms with E-state index in [0.29, 0.717) is 5.56 Å². The van der Waals surface area contributed by atoms with E-state index in [1.165, 1.54) is 0 Å². The molecule has 0 aromatic heterocycles. The van der Waals surface area contributed by atoms with Gasteiger partial charge in [-0.1, -0.05) is 0 Å². The Morgan fingerprint density at radius 2 is 2.18 bits per heavy atom. The van der Waals surface area contributed by atoms with E-state index in [1.807, 2.05) is 13.0 Å². The Balaban J connectivity index is 2.00. The molecule has 0 aliphatic carbocycles. The summed E-state index contributed by atoms with van der Waals surface area (Å²) in [5, 5.41) is 14.8. The molecule has 2 atom stereocenters. The van der Waals surface area contributed by atoms with Crippen LogP contribution in [0.5, 0.6) is 0 Å². The molecule has 1 amide bonds. The Morgan fingerprint density at radius 3 is 2.71 bits per heavy atom. The molecular weight excluding hydrogens is 214 g/mol. The number of hydrogen-bond acceptors (Lipinski definition) is 3. The fourth-order valence-electron chi connectivity index (χ4n) is 2.08. The molecule has 0 saturated carbocycles. The van der Waals surface area contributed by atoms with Gasteiger partial charge in [0, 0.05) is 11.7 Å². The van der Waals surface area contributed by atoms with E-state index in [2.05, 4.69) is 10.6 Å². The van der Waals surface area contributed by atoms with Crippen molar-refractivity contribution in [3.63, 3.8) is 0 Å². The van der Waals surface area contributed by atoms with Crippen molar-refractivity contribution in [3.8, 4) is 6.07 Å². The largest absolute Gasteiger partial charge is 0.326 e. The van der Waals surface area contributed by atoms with Gasteiger partial charge in [-0.3, -0.25) is 4.79 Å². The van der Waals surface area contributed by atoms with Gasteiger partial charge in [-0.05, 0) is 44.2 Å². The number of nitrogens with one attached hydrogen (secondary N) is 2. The molecule has 88 valence electrons. The minimum absolute atomic E-state index is 0.0330. The predicted molar refractivity (Wildman–Crippen MR) is 65.4 cm³/mol. The highest BCUT2D eigenvalue weighted by Crippen LogP contribution is 2.18. The van der Waals surface area contributed by atoms with Crippen LogP contribution in [-0.2, 0) is 4.79 Å². The highest BCUT2D eigenvalue weighted by Gasteiger charge is 2.29. The van der Waals surface area contributed by atoms with E-state index in [0.717, 1.165) is 18.7 Å². The lowest BCUT2D eigenvalue weighted by atomic mass is 10.0. The minimum atomic E-state index is 0.0330. The normalized spacial score (nSPS) is 23.1. The molecule has 4 nitrogen and oxygen atoms in total. The zero-order valence-corrected chi connectivity index (χ0v) is 9.73. The lowest BCUT2D eigenvalue weighted by molar-refractivity contribution is -0.119. The summed E-state index contributed by atoms with van der Waals surface area (Å²) >= 11 is 0. The van der Waals surface area contributed by atoms with E-state index < -0.39 is 0 Å². The average molecular weight is 229 g/mol. The first-order valence-corrected chi connectivity index (χ1v) is 5.75. The van der Waals surface area contributed by atoms with Crippen LogP contribution in [0.15, 0.2) is 24.3 Å². The molecule has 2 rings (SSSR count). The van der Waals surface area contributed by atoms with Crippen molar-refractivity contribution in [1.29, 1.82) is 5.26 Å². The predicted octanol–water partition coefficient (Wildman–Crippen LogP) is 1.49. The van der Waals surface area contributed by atoms with Crippen LogP contribution in [0.3, 0.4) is 0 Å². The number of carbonyl (C=O) groups is 1. The molecule has 1 fully saturated rings. The van der Waals surface area contributed by atoms with Gasteiger partial charge in [0.05, 0.1) is 17.6 Å². The maximum atomic E-state index is 12.0. The molecule has 0 bridgehead atoms. The summed E-state index contributed by atoms with van der Waals surface area (Å²) in [5.74, 6) is 0.0813. The SMILES string of the molecule is CC1NCCC1C(=O)Nc1ccc(C#N)cc1. The van der Waals surface area contributed by atoms with Crippen molar-refractivity contribution in [3.05, 3.63) is 29.8 Å². The second-order valence-electron chi connectivity index (χ2n) is 4.32. The van der Waals surface area contributed by atoms with Crippen molar-refractivity contribution in [2.75, 3.05) is 11.9 Å². The lowest BCUT2D eigenvalue weighted by Crippen LogP contribution is -2.32. The number of hydrogen-bond donors (Lipinski definition) is 2. The first-order chi connectivity index (χ1) is 8.20. The number of rotatable bonds is 2. The monoisotopic (exact) mass is 229 g/mol. The van der Waals surface area contributed by atoms with Gasteiger partial charge in [-0.25, -0.2) is 0 Å². The third-order valence-electron chi connectivity index (χ3n) is 3.14. The molecule has 1 aliphatic rings. The molecule has 2 N–H and O–H groups in total. The van der Waals surface area contributed by atoms with Crippen molar-refractivity contribution >= 4 is 11.6 Å². The lowest BCUT2D eigenvalue weighted by Gasteiger charge is -2.14. The summed E-state index contributed by atoms with van der Waals surface area (Å²) in [6.45, 7) is 2.92. The van der Waals surface area contributed by atoms with E-state index in [4.69, 9.17) is 5.26 Å². The summed E-state index contributed by atoms with van der Waals surface area (Å²) in [5.41, 5.74) is 1.34. The van der Waals surface area contributed by atoms with Gasteiger partial charge in [-0.2, -0.15) is 5.26 Å². The zero-order valence-electron chi connectivity index (χ0n) is 9.73. The van der Waals surface area contributed by atoms with Crippen LogP contribution in [-0.4, -0.2) is 18.5 Å². The summed E-state index contributed by atoms with van der Waals surface area (Å²) < 4.78 is 0. The summed E-state index contributed by atoms with van der Waals surface area (Å²) in [6.07, 6.45) is 0.878. The van der Waals surface area contributed by atoms with Crippen molar-refractivity contribution < 1.29 is 4.79 Å². The fourth-order valence-corrected chi connectivity index (χ4v) is 2.08. The van der Waals surface area contributed by atoms with Crippen molar-refractivity contribution in [1.82, 2.24) is 5.32 Å². The number of carbonyl (C=O) groups excluding carboxylic acids is 1. The van der Waals surface area contributed by atoms with Crippen molar-refractivity contribution in [2.45, 2.75) is 19.4 Å². The number of nitriles is 1. The molecule has 1 aromatic rings. The van der Waals surface area contributed by atoms with E-state index in [9.17, 15) is 4.79 Å². The maximum absolute atomic E-state index is 12.0. The molecule has 17 heavy (non-hydrogen) atoms. The van der Waals surface area contributed by atoms with Gasteiger partial charge in [0.25, 0.3) is 0 Å². The van der Waals surface area contributed by atoms with Gasteiger partial charge in [0.2, 0.25) is 5.91 Å². The first-order valence-electron chi connectivity index (χ1n) is 5.75. The average Bonchev–Trinajstić information content (AvgIpc) is 2.76. The van der Waals surface area contributed by atoms with Gasteiger partial charge < -0.3 is 10.6 Å². The van der Waals surface area contributed by atoms with Crippen LogP contribution >= 0.6 is 0 Å². The van der Waals surface area contributed by atoms with Crippen molar-refractivity contribution in [2.24, 2.45) is 5.92 Å². The molecule has 0 spiro atoms. The molecule has 1 saturated heterocycles. The van der Waals surface area contributed by atoms with Gasteiger partial charge in [0.1, 0.15) is 0 Å². The second-order valence-corrected chi connectivity index (χ2v) is 4.32. The summed E-state index contributed by atoms with van der Waals surface area (Å²) in [6, 6.07) is 9.18. The van der Waals surface area contributed by atoms with E-state index in [-0.39, 0.29) is 17.9 Å². The Labute approximate surface area is 101 Å². The maximum Gasteiger partial charge on any atom is 0.229 e. The molecule has 1 aromatic carbocycles. The third kappa shape index (κ3) is 2.63. The molecule has 1 aliphatic heterocycles. The second kappa shape index (κ2) is 4.98. The third-order valence-corrected chi connectivity index (χ3v) is 3.14. The number of nitrogens with zero attached hydrogens (tertiary/aromatic N) is 1. The zero-order chi connectivity index (χ0) is 12.3. The number of benzene rings is 1. The van der Waals surface area contributed by atoms with Crippen LogP contribution in [0, 0.1) is 17.2 Å². The van der Waals surface area contributed by atoms with Crippen LogP contribution in [0.4, 0.5) is 5.69 Å². The quantitative estimate of drug-likeness (QED) is 0.807. The Kier molecular flexibility index (Phi) is 3.40. The molecule has 2 unspecified atom stereocenters. The Bertz CT molecular complexity index is 447. The fraction of sp³-hybridized carbons (Fsp3) is 0.385. The summed E-state index contributed by atoms with van der Waals surface area (Å²) in [7, 11) is 0. The van der Waals surface area contributed by atoms with Gasteiger partial charge in [0.15, 0.2) is 0 Å². The standard InChI is InChI=1S/C13H15N3O/c1-9-12(6-7-15-9)13(17)16-11-4-2-10(8-14)3-5-11/h2-5,9,12,15H,6-7H2,1H3,(H,16,17). The van der Waals surface area contributed by atoms with Crippen LogP contribution < -0.4 is 10.6 Å². The molecule has 1 heterocycles. The first kappa shape index (κ1) is 11.6. The van der Waals surface area contributed by atoms with E-state index >= 15 is 0 Å². The number of amides is 1. The molecule has 4 heteroatoms. The highest BCUT2D eigenvalue weighted by atomic mass is 16.1. The molecule has 0 radical (unpaired) electrons. The number of anilines is 1. The Morgan fingerprint density at radius 1 is 1.47 bits per heavy atom. The summed E-state index contributed by atoms with van der Waals surface area (Å²) in [4.78, 5) is 12.0. The van der Waals surface area contributed by atoms with Gasteiger partial charge >= 0.3 is 0 Å². The van der Waals surface area contributed by atoms with Gasteiger partial charge in [-0.15, -0.1) is 0 Å². The molecular formula is C13H15N3O. The van der Waals surface area contributed by atoms with Crippen LogP contribution in [0.2, 0.25) is 0 Å². The smallest absolute Gasteiger partial charge is 0.229 e. The minimum Gasteiger partial charge on any atom is -0.326 e. The van der Waals surface area contributed by atoms with Crippen LogP contribution in [0.1, 0.15) is 18.9 Å². The van der Waals surface area contributed by atoms with Crippen LogP contribution in [0.25, 0.3) is 0 Å². The topological polar surface area (TPSA) is 64.9 Å². The Hall–Kier alpha value is -1.86. The highest BCUT2D eigenvalue weighted by molar-refractivity contribution is 5.93.